The highest BCUT2D eigenvalue weighted by molar-refractivity contribution is 7.09. The number of aromatic nitrogens is 3. The molecule has 2 heterocycles. The molecule has 0 radical (unpaired) electrons. The van der Waals surface area contributed by atoms with E-state index < -0.39 is 0 Å². The molecule has 3 N–H and O–H groups in total. The first-order valence-corrected chi connectivity index (χ1v) is 5.84. The van der Waals surface area contributed by atoms with E-state index in [4.69, 9.17) is 17.3 Å². The standard InChI is InChI=1S/C9H10ClN5S/c1-5-14-6(4-16-5)2-12-8-7(10)3-13-9(11)15-8/h3-4H,2H2,1H3,(H3,11,12,13,15). The fourth-order valence-corrected chi connectivity index (χ4v) is 1.94. The maximum absolute atomic E-state index is 5.91. The minimum atomic E-state index is 0.196. The molecule has 0 fully saturated rings. The zero-order valence-electron chi connectivity index (χ0n) is 8.57. The number of rotatable bonds is 3. The second-order valence-electron chi connectivity index (χ2n) is 3.14. The molecule has 2 aromatic heterocycles. The Kier molecular flexibility index (Phi) is 3.21. The van der Waals surface area contributed by atoms with E-state index in [1.807, 2.05) is 12.3 Å². The van der Waals surface area contributed by atoms with E-state index in [1.165, 1.54) is 6.20 Å². The molecule has 0 atom stereocenters. The van der Waals surface area contributed by atoms with Crippen molar-refractivity contribution in [2.24, 2.45) is 0 Å². The summed E-state index contributed by atoms with van der Waals surface area (Å²) in [5.41, 5.74) is 6.42. The van der Waals surface area contributed by atoms with Gasteiger partial charge < -0.3 is 11.1 Å². The van der Waals surface area contributed by atoms with Gasteiger partial charge in [-0.2, -0.15) is 4.98 Å². The number of nitrogens with one attached hydrogen (secondary N) is 1. The van der Waals surface area contributed by atoms with Crippen LogP contribution >= 0.6 is 22.9 Å². The van der Waals surface area contributed by atoms with Gasteiger partial charge >= 0.3 is 0 Å². The van der Waals surface area contributed by atoms with Crippen molar-refractivity contribution in [3.63, 3.8) is 0 Å². The van der Waals surface area contributed by atoms with E-state index in [1.54, 1.807) is 11.3 Å². The van der Waals surface area contributed by atoms with Crippen molar-refractivity contribution in [1.29, 1.82) is 0 Å². The number of hydrogen-bond acceptors (Lipinski definition) is 6. The summed E-state index contributed by atoms with van der Waals surface area (Å²) in [7, 11) is 0. The topological polar surface area (TPSA) is 76.7 Å². The summed E-state index contributed by atoms with van der Waals surface area (Å²) in [5, 5.41) is 6.53. The quantitative estimate of drug-likeness (QED) is 0.878. The Morgan fingerprint density at radius 2 is 2.31 bits per heavy atom. The van der Waals surface area contributed by atoms with Crippen LogP contribution in [-0.2, 0) is 6.54 Å². The molecule has 0 spiro atoms. The Bertz CT molecular complexity index is 498. The van der Waals surface area contributed by atoms with E-state index in [2.05, 4.69) is 20.3 Å². The second kappa shape index (κ2) is 4.63. The van der Waals surface area contributed by atoms with Gasteiger partial charge in [0.2, 0.25) is 5.95 Å². The summed E-state index contributed by atoms with van der Waals surface area (Å²) in [5.74, 6) is 0.723. The molecule has 0 unspecified atom stereocenters. The molecule has 2 aromatic rings. The number of anilines is 2. The molecule has 0 saturated carbocycles. The number of nitrogen functional groups attached to an aromatic ring is 1. The van der Waals surface area contributed by atoms with Crippen LogP contribution < -0.4 is 11.1 Å². The highest BCUT2D eigenvalue weighted by atomic mass is 35.5. The summed E-state index contributed by atoms with van der Waals surface area (Å²) >= 11 is 7.51. The minimum absolute atomic E-state index is 0.196. The van der Waals surface area contributed by atoms with Crippen LogP contribution in [0.15, 0.2) is 11.6 Å². The molecule has 0 aliphatic carbocycles. The lowest BCUT2D eigenvalue weighted by molar-refractivity contribution is 1.03. The van der Waals surface area contributed by atoms with Crippen molar-refractivity contribution < 1.29 is 0 Å². The average Bonchev–Trinajstić information content (AvgIpc) is 2.66. The van der Waals surface area contributed by atoms with E-state index in [9.17, 15) is 0 Å². The normalized spacial score (nSPS) is 10.4. The molecule has 16 heavy (non-hydrogen) atoms. The van der Waals surface area contributed by atoms with Crippen molar-refractivity contribution in [3.8, 4) is 0 Å². The van der Waals surface area contributed by atoms with E-state index in [-0.39, 0.29) is 5.95 Å². The number of hydrogen-bond donors (Lipinski definition) is 2. The van der Waals surface area contributed by atoms with Crippen LogP contribution in [-0.4, -0.2) is 15.0 Å². The van der Waals surface area contributed by atoms with Crippen LogP contribution in [0, 0.1) is 6.92 Å². The smallest absolute Gasteiger partial charge is 0.222 e. The van der Waals surface area contributed by atoms with Gasteiger partial charge in [0, 0.05) is 5.38 Å². The lowest BCUT2D eigenvalue weighted by atomic mass is 10.4. The van der Waals surface area contributed by atoms with E-state index in [0.29, 0.717) is 17.4 Å². The summed E-state index contributed by atoms with van der Waals surface area (Å²) in [4.78, 5) is 12.1. The summed E-state index contributed by atoms with van der Waals surface area (Å²) in [6.07, 6.45) is 1.47. The Morgan fingerprint density at radius 3 is 3.00 bits per heavy atom. The first-order valence-electron chi connectivity index (χ1n) is 4.58. The van der Waals surface area contributed by atoms with E-state index in [0.717, 1.165) is 10.7 Å². The summed E-state index contributed by atoms with van der Waals surface area (Å²) < 4.78 is 0. The number of thiazole rings is 1. The van der Waals surface area contributed by atoms with Crippen molar-refractivity contribution in [2.45, 2.75) is 13.5 Å². The Morgan fingerprint density at radius 1 is 1.50 bits per heavy atom. The first-order chi connectivity index (χ1) is 7.65. The molecule has 7 heteroatoms. The molecular weight excluding hydrogens is 246 g/mol. The number of nitrogens with two attached hydrogens (primary N) is 1. The fourth-order valence-electron chi connectivity index (χ4n) is 1.17. The average molecular weight is 256 g/mol. The van der Waals surface area contributed by atoms with Gasteiger partial charge in [-0.3, -0.25) is 0 Å². The van der Waals surface area contributed by atoms with Gasteiger partial charge in [0.1, 0.15) is 5.02 Å². The lowest BCUT2D eigenvalue weighted by Crippen LogP contribution is -2.05. The second-order valence-corrected chi connectivity index (χ2v) is 4.61. The molecule has 0 aliphatic heterocycles. The van der Waals surface area contributed by atoms with Gasteiger partial charge in [-0.25, -0.2) is 9.97 Å². The third-order valence-corrected chi connectivity index (χ3v) is 2.97. The predicted molar refractivity (Wildman–Crippen MR) is 65.6 cm³/mol. The van der Waals surface area contributed by atoms with Crippen LogP contribution in [0.1, 0.15) is 10.7 Å². The van der Waals surface area contributed by atoms with Crippen molar-refractivity contribution >= 4 is 34.7 Å². The molecular formula is C9H10ClN5S. The molecule has 0 saturated heterocycles. The molecule has 0 aromatic carbocycles. The number of halogens is 1. The van der Waals surface area contributed by atoms with Crippen LogP contribution in [0.5, 0.6) is 0 Å². The maximum Gasteiger partial charge on any atom is 0.222 e. The molecule has 0 amide bonds. The van der Waals surface area contributed by atoms with Crippen molar-refractivity contribution in [1.82, 2.24) is 15.0 Å². The van der Waals surface area contributed by atoms with Crippen LogP contribution in [0.2, 0.25) is 5.02 Å². The maximum atomic E-state index is 5.91. The molecule has 0 aliphatic rings. The lowest BCUT2D eigenvalue weighted by Gasteiger charge is -2.05. The molecule has 84 valence electrons. The van der Waals surface area contributed by atoms with Crippen molar-refractivity contribution in [2.75, 3.05) is 11.1 Å². The minimum Gasteiger partial charge on any atom is -0.368 e. The monoisotopic (exact) mass is 255 g/mol. The SMILES string of the molecule is Cc1nc(CNc2nc(N)ncc2Cl)cs1. The fraction of sp³-hybridized carbons (Fsp3) is 0.222. The largest absolute Gasteiger partial charge is 0.368 e. The number of aryl methyl sites for hydroxylation is 1. The van der Waals surface area contributed by atoms with Gasteiger partial charge in [-0.15, -0.1) is 11.3 Å². The van der Waals surface area contributed by atoms with Crippen molar-refractivity contribution in [3.05, 3.63) is 27.3 Å². The summed E-state index contributed by atoms with van der Waals surface area (Å²) in [6, 6.07) is 0. The zero-order chi connectivity index (χ0) is 11.5. The van der Waals surface area contributed by atoms with Gasteiger partial charge in [0.05, 0.1) is 23.4 Å². The van der Waals surface area contributed by atoms with Gasteiger partial charge in [0.15, 0.2) is 5.82 Å². The van der Waals surface area contributed by atoms with Crippen LogP contribution in [0.4, 0.5) is 11.8 Å². The third kappa shape index (κ3) is 2.59. The van der Waals surface area contributed by atoms with Gasteiger partial charge in [-0.05, 0) is 6.92 Å². The van der Waals surface area contributed by atoms with Crippen LogP contribution in [0.25, 0.3) is 0 Å². The Labute approximate surface area is 102 Å². The van der Waals surface area contributed by atoms with E-state index >= 15 is 0 Å². The molecule has 2 rings (SSSR count). The highest BCUT2D eigenvalue weighted by Crippen LogP contribution is 2.19. The molecule has 5 nitrogen and oxygen atoms in total. The highest BCUT2D eigenvalue weighted by Gasteiger charge is 2.04. The Hall–Kier alpha value is -1.40. The van der Waals surface area contributed by atoms with Gasteiger partial charge in [-0.1, -0.05) is 11.6 Å². The zero-order valence-corrected chi connectivity index (χ0v) is 10.1. The predicted octanol–water partition coefficient (Wildman–Crippen LogP) is 2.09. The van der Waals surface area contributed by atoms with Gasteiger partial charge in [0.25, 0.3) is 0 Å². The molecule has 0 bridgehead atoms. The third-order valence-electron chi connectivity index (χ3n) is 1.87. The summed E-state index contributed by atoms with van der Waals surface area (Å²) in [6.45, 7) is 2.53. The Balaban J connectivity index is 2.07. The number of nitrogens with zero attached hydrogens (tertiary/aromatic N) is 3. The first kappa shape index (κ1) is 11.1. The van der Waals surface area contributed by atoms with Crippen LogP contribution in [0.3, 0.4) is 0 Å².